The van der Waals surface area contributed by atoms with Gasteiger partial charge in [0, 0.05) is 12.6 Å². The molecule has 6 heteroatoms. The van der Waals surface area contributed by atoms with Crippen LogP contribution in [0.2, 0.25) is 0 Å². The van der Waals surface area contributed by atoms with Crippen LogP contribution < -0.4 is 5.32 Å². The summed E-state index contributed by atoms with van der Waals surface area (Å²) in [7, 11) is -3.66. The first-order chi connectivity index (χ1) is 12.7. The molecule has 27 heavy (non-hydrogen) atoms. The molecule has 1 saturated carbocycles. The minimum absolute atomic E-state index is 0.0294. The zero-order valence-electron chi connectivity index (χ0n) is 16.7. The van der Waals surface area contributed by atoms with E-state index in [-0.39, 0.29) is 22.3 Å². The number of rotatable bonds is 4. The quantitative estimate of drug-likeness (QED) is 0.851. The van der Waals surface area contributed by atoms with Crippen molar-refractivity contribution >= 4 is 15.9 Å². The predicted molar refractivity (Wildman–Crippen MR) is 107 cm³/mol. The van der Waals surface area contributed by atoms with Gasteiger partial charge in [0.05, 0.1) is 4.90 Å². The second-order valence-electron chi connectivity index (χ2n) is 8.89. The van der Waals surface area contributed by atoms with E-state index in [0.717, 1.165) is 37.7 Å². The molecule has 1 aliphatic heterocycles. The molecule has 2 aliphatic rings. The number of sulfonamides is 1. The zero-order valence-corrected chi connectivity index (χ0v) is 17.5. The summed E-state index contributed by atoms with van der Waals surface area (Å²) in [4.78, 5) is 13.0. The molecule has 1 saturated heterocycles. The Hall–Kier alpha value is -1.40. The number of benzene rings is 1. The lowest BCUT2D eigenvalue weighted by Crippen LogP contribution is -2.49. The number of nitrogens with one attached hydrogen (secondary N) is 1. The summed E-state index contributed by atoms with van der Waals surface area (Å²) in [5.74, 6) is -0.130. The van der Waals surface area contributed by atoms with Crippen molar-refractivity contribution in [2.45, 2.75) is 88.1 Å². The van der Waals surface area contributed by atoms with Gasteiger partial charge in [0.25, 0.3) is 0 Å². The minimum atomic E-state index is -3.66. The Balaban J connectivity index is 1.75. The number of hydrogen-bond donors (Lipinski definition) is 1. The van der Waals surface area contributed by atoms with Crippen molar-refractivity contribution in [3.63, 3.8) is 0 Å². The molecule has 1 aromatic rings. The monoisotopic (exact) mass is 392 g/mol. The van der Waals surface area contributed by atoms with E-state index in [4.69, 9.17) is 0 Å². The molecule has 0 bridgehead atoms. The van der Waals surface area contributed by atoms with Gasteiger partial charge in [-0.1, -0.05) is 52.2 Å². The van der Waals surface area contributed by atoms with Crippen LogP contribution in [0.5, 0.6) is 0 Å². The Morgan fingerprint density at radius 3 is 2.22 bits per heavy atom. The molecule has 1 aromatic carbocycles. The van der Waals surface area contributed by atoms with Crippen LogP contribution in [0.3, 0.4) is 0 Å². The SMILES string of the molecule is CC(C)(C)c1ccc(S(=O)(=O)N2CCC[C@@H]2C(=O)NC2CCCCC2)cc1. The lowest BCUT2D eigenvalue weighted by Gasteiger charge is -2.28. The number of amides is 1. The van der Waals surface area contributed by atoms with Gasteiger partial charge < -0.3 is 5.32 Å². The van der Waals surface area contributed by atoms with E-state index in [0.29, 0.717) is 13.0 Å². The van der Waals surface area contributed by atoms with Crippen molar-refractivity contribution in [3.05, 3.63) is 29.8 Å². The van der Waals surface area contributed by atoms with Gasteiger partial charge >= 0.3 is 0 Å². The van der Waals surface area contributed by atoms with Gasteiger partial charge in [-0.3, -0.25) is 4.79 Å². The Morgan fingerprint density at radius 2 is 1.63 bits per heavy atom. The van der Waals surface area contributed by atoms with Crippen LogP contribution in [0.4, 0.5) is 0 Å². The summed E-state index contributed by atoms with van der Waals surface area (Å²) in [6.45, 7) is 6.71. The first-order valence-corrected chi connectivity index (χ1v) is 11.6. The summed E-state index contributed by atoms with van der Waals surface area (Å²) >= 11 is 0. The molecule has 0 spiro atoms. The molecule has 0 unspecified atom stereocenters. The van der Waals surface area contributed by atoms with Gasteiger partial charge in [0.1, 0.15) is 6.04 Å². The molecule has 1 amide bonds. The fourth-order valence-electron chi connectivity index (χ4n) is 4.10. The third kappa shape index (κ3) is 4.54. The predicted octanol–water partition coefficient (Wildman–Crippen LogP) is 3.59. The van der Waals surface area contributed by atoms with Gasteiger partial charge in [-0.25, -0.2) is 8.42 Å². The third-order valence-electron chi connectivity index (χ3n) is 5.78. The van der Waals surface area contributed by atoms with E-state index in [1.54, 1.807) is 12.1 Å². The minimum Gasteiger partial charge on any atom is -0.352 e. The number of hydrogen-bond acceptors (Lipinski definition) is 3. The van der Waals surface area contributed by atoms with Crippen molar-refractivity contribution in [1.29, 1.82) is 0 Å². The highest BCUT2D eigenvalue weighted by Crippen LogP contribution is 2.29. The van der Waals surface area contributed by atoms with E-state index in [2.05, 4.69) is 26.1 Å². The van der Waals surface area contributed by atoms with Crippen LogP contribution in [-0.2, 0) is 20.2 Å². The number of carbonyl (C=O) groups is 1. The highest BCUT2D eigenvalue weighted by molar-refractivity contribution is 7.89. The Bertz CT molecular complexity index is 760. The molecular weight excluding hydrogens is 360 g/mol. The lowest BCUT2D eigenvalue weighted by atomic mass is 9.87. The van der Waals surface area contributed by atoms with Gasteiger partial charge in [0.15, 0.2) is 0 Å². The van der Waals surface area contributed by atoms with E-state index in [9.17, 15) is 13.2 Å². The van der Waals surface area contributed by atoms with Crippen molar-refractivity contribution in [3.8, 4) is 0 Å². The fourth-order valence-corrected chi connectivity index (χ4v) is 5.75. The maximum absolute atomic E-state index is 13.1. The first-order valence-electron chi connectivity index (χ1n) is 10.1. The average molecular weight is 393 g/mol. The van der Waals surface area contributed by atoms with Crippen LogP contribution >= 0.6 is 0 Å². The van der Waals surface area contributed by atoms with Crippen LogP contribution in [-0.4, -0.2) is 37.3 Å². The highest BCUT2D eigenvalue weighted by atomic mass is 32.2. The molecule has 150 valence electrons. The topological polar surface area (TPSA) is 66.5 Å². The second kappa shape index (κ2) is 7.92. The van der Waals surface area contributed by atoms with Crippen LogP contribution in [0.15, 0.2) is 29.2 Å². The molecule has 1 heterocycles. The van der Waals surface area contributed by atoms with Gasteiger partial charge in [0.2, 0.25) is 15.9 Å². The number of nitrogens with zero attached hydrogens (tertiary/aromatic N) is 1. The third-order valence-corrected chi connectivity index (χ3v) is 7.71. The van der Waals surface area contributed by atoms with Crippen molar-refractivity contribution in [1.82, 2.24) is 9.62 Å². The Labute approximate surface area is 163 Å². The maximum Gasteiger partial charge on any atom is 0.243 e. The molecule has 0 aromatic heterocycles. The fraction of sp³-hybridized carbons (Fsp3) is 0.667. The molecule has 3 rings (SSSR count). The lowest BCUT2D eigenvalue weighted by molar-refractivity contribution is -0.125. The Morgan fingerprint density at radius 1 is 1.00 bits per heavy atom. The van der Waals surface area contributed by atoms with E-state index >= 15 is 0 Å². The van der Waals surface area contributed by atoms with E-state index in [1.165, 1.54) is 10.7 Å². The van der Waals surface area contributed by atoms with E-state index in [1.807, 2.05) is 12.1 Å². The van der Waals surface area contributed by atoms with E-state index < -0.39 is 16.1 Å². The summed E-state index contributed by atoms with van der Waals surface area (Å²) in [6, 6.07) is 6.70. The highest BCUT2D eigenvalue weighted by Gasteiger charge is 2.40. The summed E-state index contributed by atoms with van der Waals surface area (Å²) in [5, 5.41) is 3.10. The Kier molecular flexibility index (Phi) is 5.96. The molecule has 1 aliphatic carbocycles. The molecule has 1 N–H and O–H groups in total. The summed E-state index contributed by atoms with van der Waals surface area (Å²) in [5.41, 5.74) is 1.06. The summed E-state index contributed by atoms with van der Waals surface area (Å²) in [6.07, 6.45) is 6.81. The molecule has 5 nitrogen and oxygen atoms in total. The largest absolute Gasteiger partial charge is 0.352 e. The van der Waals surface area contributed by atoms with Crippen LogP contribution in [0, 0.1) is 0 Å². The molecular formula is C21H32N2O3S. The standard InChI is InChI=1S/C21H32N2O3S/c1-21(2,3)16-11-13-18(14-12-16)27(25,26)23-15-7-10-19(23)20(24)22-17-8-5-4-6-9-17/h11-14,17,19H,4-10,15H2,1-3H3,(H,22,24)/t19-/m1/s1. The van der Waals surface area contributed by atoms with Crippen molar-refractivity contribution in [2.75, 3.05) is 6.54 Å². The van der Waals surface area contributed by atoms with Gasteiger partial charge in [-0.05, 0) is 48.8 Å². The smallest absolute Gasteiger partial charge is 0.243 e. The summed E-state index contributed by atoms with van der Waals surface area (Å²) < 4.78 is 27.7. The molecule has 1 atom stereocenters. The number of carbonyl (C=O) groups excluding carboxylic acids is 1. The van der Waals surface area contributed by atoms with Gasteiger partial charge in [-0.15, -0.1) is 0 Å². The van der Waals surface area contributed by atoms with Crippen molar-refractivity contribution < 1.29 is 13.2 Å². The second-order valence-corrected chi connectivity index (χ2v) is 10.8. The molecule has 0 radical (unpaired) electrons. The van der Waals surface area contributed by atoms with Crippen LogP contribution in [0.1, 0.15) is 71.3 Å². The van der Waals surface area contributed by atoms with Crippen molar-refractivity contribution in [2.24, 2.45) is 0 Å². The average Bonchev–Trinajstić information content (AvgIpc) is 3.13. The first kappa shape index (κ1) is 20.3. The zero-order chi connectivity index (χ0) is 19.7. The molecule has 2 fully saturated rings. The van der Waals surface area contributed by atoms with Gasteiger partial charge in [-0.2, -0.15) is 4.31 Å². The maximum atomic E-state index is 13.1. The normalized spacial score (nSPS) is 22.7. The van der Waals surface area contributed by atoms with Crippen LogP contribution in [0.25, 0.3) is 0 Å².